The van der Waals surface area contributed by atoms with Crippen LogP contribution in [0.15, 0.2) is 27.8 Å². The van der Waals surface area contributed by atoms with E-state index in [0.717, 1.165) is 41.4 Å². The molecule has 0 unspecified atom stereocenters. The summed E-state index contributed by atoms with van der Waals surface area (Å²) < 4.78 is 3.27. The van der Waals surface area contributed by atoms with Crippen LogP contribution in [0.2, 0.25) is 0 Å². The van der Waals surface area contributed by atoms with Gasteiger partial charge in [0.25, 0.3) is 5.56 Å². The molecular formula is C20H22ClN5O4S. The molecule has 0 aliphatic heterocycles. The number of imidazole rings is 1. The lowest BCUT2D eigenvalue weighted by molar-refractivity contribution is 0.0683. The normalized spacial score (nSPS) is 12.4. The molecule has 4 aromatic rings. The molecule has 5 rings (SSSR count). The molecule has 3 heterocycles. The van der Waals surface area contributed by atoms with Crippen molar-refractivity contribution in [1.82, 2.24) is 19.1 Å². The van der Waals surface area contributed by atoms with E-state index in [1.165, 1.54) is 16.2 Å². The van der Waals surface area contributed by atoms with E-state index in [1.807, 2.05) is 18.2 Å². The number of benzene rings is 1. The molecule has 31 heavy (non-hydrogen) atoms. The maximum absolute atomic E-state index is 11.8. The Kier molecular flexibility index (Phi) is 6.35. The second kappa shape index (κ2) is 8.66. The highest BCUT2D eigenvalue weighted by Gasteiger charge is 2.22. The van der Waals surface area contributed by atoms with Crippen LogP contribution in [-0.2, 0) is 33.5 Å². The van der Waals surface area contributed by atoms with Gasteiger partial charge in [-0.25, -0.2) is 14.6 Å². The van der Waals surface area contributed by atoms with Crippen molar-refractivity contribution < 1.29 is 9.90 Å². The van der Waals surface area contributed by atoms with Gasteiger partial charge in [0.15, 0.2) is 0 Å². The number of hydrogen-bond donors (Lipinski definition) is 3. The maximum atomic E-state index is 11.8. The SMILES string of the molecule is Cl.Cn1c(=O)n(C)c2cc(CN)ccc21.O=C(O)c1nc2sc3c(c2c(=O)[nH]1)CCC3. The lowest BCUT2D eigenvalue weighted by Crippen LogP contribution is -2.19. The van der Waals surface area contributed by atoms with Crippen LogP contribution in [0.1, 0.15) is 33.0 Å². The Bertz CT molecular complexity index is 1420. The highest BCUT2D eigenvalue weighted by Crippen LogP contribution is 2.34. The van der Waals surface area contributed by atoms with Gasteiger partial charge >= 0.3 is 11.7 Å². The summed E-state index contributed by atoms with van der Waals surface area (Å²) in [7, 11) is 3.54. The number of carbonyl (C=O) groups is 1. The third-order valence-corrected chi connectivity index (χ3v) is 6.54. The average Bonchev–Trinajstić information content (AvgIpc) is 3.37. The molecule has 0 atom stereocenters. The number of aromatic amines is 1. The molecule has 0 saturated carbocycles. The van der Waals surface area contributed by atoms with Crippen molar-refractivity contribution in [1.29, 1.82) is 0 Å². The summed E-state index contributed by atoms with van der Waals surface area (Å²) in [5.74, 6) is -1.48. The summed E-state index contributed by atoms with van der Waals surface area (Å²) in [4.78, 5) is 42.1. The van der Waals surface area contributed by atoms with Crippen LogP contribution < -0.4 is 17.0 Å². The van der Waals surface area contributed by atoms with Crippen molar-refractivity contribution in [3.63, 3.8) is 0 Å². The van der Waals surface area contributed by atoms with Crippen LogP contribution in [0.3, 0.4) is 0 Å². The molecule has 164 valence electrons. The molecule has 1 aliphatic carbocycles. The van der Waals surface area contributed by atoms with E-state index in [2.05, 4.69) is 9.97 Å². The minimum atomic E-state index is -1.20. The fourth-order valence-electron chi connectivity index (χ4n) is 3.78. The molecule has 1 aliphatic rings. The van der Waals surface area contributed by atoms with E-state index in [4.69, 9.17) is 10.8 Å². The molecular weight excluding hydrogens is 442 g/mol. The number of fused-ring (bicyclic) bond motifs is 4. The number of nitrogens with one attached hydrogen (secondary N) is 1. The topological polar surface area (TPSA) is 136 Å². The van der Waals surface area contributed by atoms with Crippen LogP contribution in [0.25, 0.3) is 21.3 Å². The van der Waals surface area contributed by atoms with Crippen LogP contribution in [0, 0.1) is 0 Å². The van der Waals surface area contributed by atoms with Gasteiger partial charge in [-0.3, -0.25) is 13.9 Å². The van der Waals surface area contributed by atoms with Crippen molar-refractivity contribution in [3.05, 3.63) is 60.9 Å². The third-order valence-electron chi connectivity index (χ3n) is 5.35. The Labute approximate surface area is 186 Å². The molecule has 0 fully saturated rings. The van der Waals surface area contributed by atoms with Crippen molar-refractivity contribution in [3.8, 4) is 0 Å². The second-order valence-corrected chi connectivity index (χ2v) is 8.27. The monoisotopic (exact) mass is 463 g/mol. The molecule has 1 aromatic carbocycles. The number of nitrogens with zero attached hydrogens (tertiary/aromatic N) is 3. The van der Waals surface area contributed by atoms with E-state index >= 15 is 0 Å². The van der Waals surface area contributed by atoms with Gasteiger partial charge in [0.05, 0.1) is 16.4 Å². The lowest BCUT2D eigenvalue weighted by atomic mass is 10.2. The number of aromatic nitrogens is 4. The van der Waals surface area contributed by atoms with E-state index in [0.29, 0.717) is 16.8 Å². The lowest BCUT2D eigenvalue weighted by Gasteiger charge is -1.98. The Morgan fingerprint density at radius 3 is 2.61 bits per heavy atom. The highest BCUT2D eigenvalue weighted by atomic mass is 35.5. The Morgan fingerprint density at radius 2 is 1.94 bits per heavy atom. The standard InChI is InChI=1S/C10H13N3O.C10H8N2O3S.ClH/c1-12-8-4-3-7(6-11)5-9(8)13(2)10(12)14;13-8-6-4-2-1-3-5(4)16-9(6)12-7(11-8)10(14)15;/h3-5H,6,11H2,1-2H3;1-3H2,(H,14,15)(H,11,12,13);1H. The molecule has 0 bridgehead atoms. The van der Waals surface area contributed by atoms with Crippen LogP contribution in [-0.4, -0.2) is 30.2 Å². The maximum Gasteiger partial charge on any atom is 0.372 e. The smallest absolute Gasteiger partial charge is 0.372 e. The van der Waals surface area contributed by atoms with E-state index in [-0.39, 0.29) is 29.5 Å². The molecule has 0 amide bonds. The first kappa shape index (κ1) is 22.7. The number of thiophene rings is 1. The van der Waals surface area contributed by atoms with Crippen molar-refractivity contribution >= 4 is 51.0 Å². The summed E-state index contributed by atoms with van der Waals surface area (Å²) in [5.41, 5.74) is 9.18. The Morgan fingerprint density at radius 1 is 1.23 bits per heavy atom. The van der Waals surface area contributed by atoms with Gasteiger partial charge < -0.3 is 15.8 Å². The molecule has 11 heteroatoms. The first-order chi connectivity index (χ1) is 14.3. The molecule has 4 N–H and O–H groups in total. The van der Waals surface area contributed by atoms with E-state index in [9.17, 15) is 14.4 Å². The van der Waals surface area contributed by atoms with Crippen molar-refractivity contribution in [2.75, 3.05) is 0 Å². The highest BCUT2D eigenvalue weighted by molar-refractivity contribution is 7.18. The number of carboxylic acids is 1. The van der Waals surface area contributed by atoms with Gasteiger partial charge in [-0.2, -0.15) is 0 Å². The zero-order valence-electron chi connectivity index (χ0n) is 17.0. The second-order valence-electron chi connectivity index (χ2n) is 7.18. The molecule has 9 nitrogen and oxygen atoms in total. The fourth-order valence-corrected chi connectivity index (χ4v) is 5.04. The molecule has 3 aromatic heterocycles. The van der Waals surface area contributed by atoms with E-state index < -0.39 is 5.97 Å². The molecule has 0 saturated heterocycles. The van der Waals surface area contributed by atoms with Gasteiger partial charge in [0.2, 0.25) is 5.82 Å². The number of aryl methyl sites for hydroxylation is 4. The predicted molar refractivity (Wildman–Crippen MR) is 123 cm³/mol. The number of H-pyrrole nitrogens is 1. The van der Waals surface area contributed by atoms with Gasteiger partial charge in [-0.15, -0.1) is 23.7 Å². The molecule has 0 spiro atoms. The zero-order chi connectivity index (χ0) is 21.6. The third kappa shape index (κ3) is 3.89. The summed E-state index contributed by atoms with van der Waals surface area (Å²) in [6.07, 6.45) is 2.93. The largest absolute Gasteiger partial charge is 0.475 e. The summed E-state index contributed by atoms with van der Waals surface area (Å²) in [5, 5.41) is 9.37. The van der Waals surface area contributed by atoms with Crippen LogP contribution in [0.5, 0.6) is 0 Å². The van der Waals surface area contributed by atoms with Crippen molar-refractivity contribution in [2.24, 2.45) is 19.8 Å². The summed E-state index contributed by atoms with van der Waals surface area (Å²) in [6.45, 7) is 0.499. The van der Waals surface area contributed by atoms with Crippen molar-refractivity contribution in [2.45, 2.75) is 25.8 Å². The Hall–Kier alpha value is -2.95. The van der Waals surface area contributed by atoms with E-state index in [1.54, 1.807) is 23.2 Å². The predicted octanol–water partition coefficient (Wildman–Crippen LogP) is 1.93. The first-order valence-corrected chi connectivity index (χ1v) is 10.3. The average molecular weight is 464 g/mol. The number of carboxylic acid groups (broad SMARTS) is 1. The molecule has 0 radical (unpaired) electrons. The fraction of sp³-hybridized carbons (Fsp3) is 0.300. The summed E-state index contributed by atoms with van der Waals surface area (Å²) in [6, 6.07) is 5.83. The zero-order valence-corrected chi connectivity index (χ0v) is 18.6. The number of aromatic carboxylic acids is 1. The minimum absolute atomic E-state index is 0. The van der Waals surface area contributed by atoms with Crippen LogP contribution >= 0.6 is 23.7 Å². The van der Waals surface area contributed by atoms with Gasteiger partial charge in [0.1, 0.15) is 4.83 Å². The number of nitrogens with two attached hydrogens (primary N) is 1. The van der Waals surface area contributed by atoms with Crippen LogP contribution in [0.4, 0.5) is 0 Å². The Balaban J connectivity index is 0.000000172. The number of hydrogen-bond acceptors (Lipinski definition) is 6. The summed E-state index contributed by atoms with van der Waals surface area (Å²) >= 11 is 1.44. The number of rotatable bonds is 2. The van der Waals surface area contributed by atoms with Gasteiger partial charge in [-0.1, -0.05) is 6.07 Å². The first-order valence-electron chi connectivity index (χ1n) is 9.44. The number of halogens is 1. The quantitative estimate of drug-likeness (QED) is 0.415. The minimum Gasteiger partial charge on any atom is -0.475 e. The van der Waals surface area contributed by atoms with Gasteiger partial charge in [0, 0.05) is 25.5 Å². The van der Waals surface area contributed by atoms with Gasteiger partial charge in [-0.05, 0) is 42.5 Å².